The molecule has 0 aliphatic carbocycles. The van der Waals surface area contributed by atoms with Gasteiger partial charge in [-0.2, -0.15) is 11.8 Å². The summed E-state index contributed by atoms with van der Waals surface area (Å²) in [5.41, 5.74) is 2.37. The first-order chi connectivity index (χ1) is 11.2. The van der Waals surface area contributed by atoms with Gasteiger partial charge in [0.2, 0.25) is 5.91 Å². The van der Waals surface area contributed by atoms with Gasteiger partial charge >= 0.3 is 0 Å². The third kappa shape index (κ3) is 6.07. The summed E-state index contributed by atoms with van der Waals surface area (Å²) in [5.74, 6) is 2.54. The van der Waals surface area contributed by atoms with Gasteiger partial charge in [0.25, 0.3) is 0 Å². The molecular formula is C18H28N2O2S. The summed E-state index contributed by atoms with van der Waals surface area (Å²) < 4.78 is 0. The average molecular weight is 337 g/mol. The minimum atomic E-state index is 0.126. The van der Waals surface area contributed by atoms with Gasteiger partial charge in [-0.1, -0.05) is 19.1 Å². The first-order valence-corrected chi connectivity index (χ1v) is 9.67. The molecule has 0 saturated carbocycles. The molecule has 0 unspecified atom stereocenters. The van der Waals surface area contributed by atoms with Crippen LogP contribution in [0.1, 0.15) is 31.7 Å². The van der Waals surface area contributed by atoms with Gasteiger partial charge in [0, 0.05) is 44.1 Å². The Hall–Kier alpha value is -1.20. The highest BCUT2D eigenvalue weighted by atomic mass is 32.2. The first kappa shape index (κ1) is 18.1. The number of rotatable bonds is 8. The topological polar surface area (TPSA) is 52.6 Å². The zero-order valence-corrected chi connectivity index (χ0v) is 14.8. The van der Waals surface area contributed by atoms with Crippen LogP contribution in [-0.2, 0) is 11.3 Å². The van der Waals surface area contributed by atoms with E-state index in [1.165, 1.54) is 5.69 Å². The van der Waals surface area contributed by atoms with Crippen molar-refractivity contribution in [3.8, 4) is 0 Å². The number of hydrogen-bond acceptors (Lipinski definition) is 4. The van der Waals surface area contributed by atoms with Crippen molar-refractivity contribution >= 4 is 23.4 Å². The van der Waals surface area contributed by atoms with Gasteiger partial charge in [-0.3, -0.25) is 4.79 Å². The summed E-state index contributed by atoms with van der Waals surface area (Å²) in [6.07, 6.45) is 2.71. The van der Waals surface area contributed by atoms with Crippen molar-refractivity contribution in [1.29, 1.82) is 0 Å². The molecule has 2 N–H and O–H groups in total. The molecule has 1 aliphatic rings. The monoisotopic (exact) mass is 336 g/mol. The second-order valence-corrected chi connectivity index (χ2v) is 7.40. The molecule has 1 heterocycles. The normalized spacial score (nSPS) is 15.7. The van der Waals surface area contributed by atoms with Crippen LogP contribution in [0.2, 0.25) is 0 Å². The number of nitrogens with zero attached hydrogens (tertiary/aromatic N) is 1. The van der Waals surface area contributed by atoms with Gasteiger partial charge in [0.05, 0.1) is 0 Å². The molecule has 1 fully saturated rings. The lowest BCUT2D eigenvalue weighted by molar-refractivity contribution is -0.120. The fourth-order valence-electron chi connectivity index (χ4n) is 2.80. The Morgan fingerprint density at radius 3 is 2.61 bits per heavy atom. The zero-order chi connectivity index (χ0) is 16.5. The molecule has 1 amide bonds. The van der Waals surface area contributed by atoms with Crippen LogP contribution in [0.15, 0.2) is 24.3 Å². The number of carbonyl (C=O) groups is 1. The zero-order valence-electron chi connectivity index (χ0n) is 14.0. The fourth-order valence-corrected chi connectivity index (χ4v) is 3.42. The van der Waals surface area contributed by atoms with Crippen LogP contribution in [0.4, 0.5) is 5.69 Å². The van der Waals surface area contributed by atoms with Crippen molar-refractivity contribution in [2.75, 3.05) is 36.1 Å². The van der Waals surface area contributed by atoms with E-state index >= 15 is 0 Å². The number of thioether (sulfide) groups is 1. The minimum Gasteiger partial charge on any atom is -0.396 e. The summed E-state index contributed by atoms with van der Waals surface area (Å²) in [7, 11) is 0. The van der Waals surface area contributed by atoms with Gasteiger partial charge in [0.1, 0.15) is 0 Å². The van der Waals surface area contributed by atoms with E-state index in [2.05, 4.69) is 41.4 Å². The number of aliphatic hydroxyl groups is 1. The molecule has 0 spiro atoms. The van der Waals surface area contributed by atoms with Crippen LogP contribution >= 0.6 is 11.8 Å². The number of benzene rings is 1. The molecule has 1 saturated heterocycles. The van der Waals surface area contributed by atoms with Gasteiger partial charge in [0.15, 0.2) is 0 Å². The van der Waals surface area contributed by atoms with Gasteiger partial charge < -0.3 is 15.3 Å². The third-order valence-electron chi connectivity index (χ3n) is 4.34. The molecular weight excluding hydrogens is 308 g/mol. The lowest BCUT2D eigenvalue weighted by Gasteiger charge is -2.33. The predicted molar refractivity (Wildman–Crippen MR) is 97.9 cm³/mol. The summed E-state index contributed by atoms with van der Waals surface area (Å²) in [5, 5.41) is 12.2. The van der Waals surface area contributed by atoms with E-state index in [-0.39, 0.29) is 5.91 Å². The smallest absolute Gasteiger partial charge is 0.221 e. The summed E-state index contributed by atoms with van der Waals surface area (Å²) in [6, 6.07) is 8.45. The molecule has 4 nitrogen and oxygen atoms in total. The number of anilines is 1. The van der Waals surface area contributed by atoms with E-state index in [1.807, 2.05) is 0 Å². The van der Waals surface area contributed by atoms with Crippen molar-refractivity contribution in [3.63, 3.8) is 0 Å². The quantitative estimate of drug-likeness (QED) is 0.717. The van der Waals surface area contributed by atoms with Crippen molar-refractivity contribution in [3.05, 3.63) is 29.8 Å². The SMILES string of the molecule is CCSCCC(=O)NCc1ccc(N2CCC(CO)CC2)cc1. The predicted octanol–water partition coefficient (Wildman–Crippen LogP) is 2.65. The van der Waals surface area contributed by atoms with Crippen LogP contribution in [0.5, 0.6) is 0 Å². The fraction of sp³-hybridized carbons (Fsp3) is 0.611. The number of aliphatic hydroxyl groups excluding tert-OH is 1. The van der Waals surface area contributed by atoms with Crippen LogP contribution in [0.3, 0.4) is 0 Å². The van der Waals surface area contributed by atoms with E-state index in [9.17, 15) is 9.90 Å². The van der Waals surface area contributed by atoms with E-state index < -0.39 is 0 Å². The number of carbonyl (C=O) groups excluding carboxylic acids is 1. The van der Waals surface area contributed by atoms with Crippen LogP contribution < -0.4 is 10.2 Å². The maximum absolute atomic E-state index is 11.7. The highest BCUT2D eigenvalue weighted by Gasteiger charge is 2.18. The summed E-state index contributed by atoms with van der Waals surface area (Å²) in [6.45, 7) is 5.04. The van der Waals surface area contributed by atoms with E-state index in [1.54, 1.807) is 11.8 Å². The number of amides is 1. The van der Waals surface area contributed by atoms with Crippen molar-refractivity contribution < 1.29 is 9.90 Å². The standard InChI is InChI=1S/C18H28N2O2S/c1-2-23-12-9-18(22)19-13-15-3-5-17(6-4-15)20-10-7-16(14-21)8-11-20/h3-6,16,21H,2,7-14H2,1H3,(H,19,22). The van der Waals surface area contributed by atoms with Gasteiger partial charge in [-0.05, 0) is 42.2 Å². The molecule has 5 heteroatoms. The molecule has 23 heavy (non-hydrogen) atoms. The van der Waals surface area contributed by atoms with Crippen LogP contribution in [-0.4, -0.2) is 42.2 Å². The van der Waals surface area contributed by atoms with Crippen LogP contribution in [0, 0.1) is 5.92 Å². The van der Waals surface area contributed by atoms with Crippen LogP contribution in [0.25, 0.3) is 0 Å². The Balaban J connectivity index is 1.75. The van der Waals surface area contributed by atoms with E-state index in [0.717, 1.165) is 43.0 Å². The Bertz CT molecular complexity index is 470. The maximum atomic E-state index is 11.7. The summed E-state index contributed by atoms with van der Waals surface area (Å²) >= 11 is 1.80. The molecule has 0 atom stereocenters. The highest BCUT2D eigenvalue weighted by Crippen LogP contribution is 2.23. The van der Waals surface area contributed by atoms with Crippen molar-refractivity contribution in [2.45, 2.75) is 32.7 Å². The largest absolute Gasteiger partial charge is 0.396 e. The molecule has 0 aromatic heterocycles. The second-order valence-electron chi connectivity index (χ2n) is 6.00. The molecule has 2 rings (SSSR count). The Labute approximate surface area is 143 Å². The molecule has 1 aromatic rings. The lowest BCUT2D eigenvalue weighted by Crippen LogP contribution is -2.34. The van der Waals surface area contributed by atoms with E-state index in [0.29, 0.717) is 25.5 Å². The molecule has 128 valence electrons. The molecule has 0 radical (unpaired) electrons. The van der Waals surface area contributed by atoms with E-state index in [4.69, 9.17) is 0 Å². The Morgan fingerprint density at radius 1 is 1.30 bits per heavy atom. The summed E-state index contributed by atoms with van der Waals surface area (Å²) in [4.78, 5) is 14.1. The average Bonchev–Trinajstić information content (AvgIpc) is 2.61. The molecule has 1 aliphatic heterocycles. The van der Waals surface area contributed by atoms with Gasteiger partial charge in [-0.15, -0.1) is 0 Å². The van der Waals surface area contributed by atoms with Crippen molar-refractivity contribution in [2.24, 2.45) is 5.92 Å². The van der Waals surface area contributed by atoms with Gasteiger partial charge in [-0.25, -0.2) is 0 Å². The minimum absolute atomic E-state index is 0.126. The third-order valence-corrected chi connectivity index (χ3v) is 5.24. The Kier molecular flexibility index (Phi) is 7.76. The Morgan fingerprint density at radius 2 is 2.00 bits per heavy atom. The lowest BCUT2D eigenvalue weighted by atomic mass is 9.97. The van der Waals surface area contributed by atoms with Crippen molar-refractivity contribution in [1.82, 2.24) is 5.32 Å². The highest BCUT2D eigenvalue weighted by molar-refractivity contribution is 7.99. The number of nitrogens with one attached hydrogen (secondary N) is 1. The molecule has 0 bridgehead atoms. The first-order valence-electron chi connectivity index (χ1n) is 8.52. The molecule has 1 aromatic carbocycles. The second kappa shape index (κ2) is 9.83. The number of piperidine rings is 1. The maximum Gasteiger partial charge on any atom is 0.221 e. The number of hydrogen-bond donors (Lipinski definition) is 2.